The van der Waals surface area contributed by atoms with Gasteiger partial charge in [-0.15, -0.1) is 0 Å². The number of nitrogen functional groups attached to an aromatic ring is 1. The zero-order valence-corrected chi connectivity index (χ0v) is 8.30. The zero-order valence-electron chi connectivity index (χ0n) is 7.48. The van der Waals surface area contributed by atoms with E-state index in [0.29, 0.717) is 11.4 Å². The molecule has 0 aliphatic rings. The van der Waals surface area contributed by atoms with Crippen LogP contribution in [-0.2, 0) is 4.74 Å². The molecule has 0 bridgehead atoms. The van der Waals surface area contributed by atoms with E-state index in [4.69, 9.17) is 5.73 Å². The first-order valence-electron chi connectivity index (χ1n) is 3.95. The first-order chi connectivity index (χ1) is 6.72. The van der Waals surface area contributed by atoms with Gasteiger partial charge < -0.3 is 10.5 Å². The molecule has 0 atom stereocenters. The number of nitrogens with two attached hydrogens (primary N) is 1. The molecule has 1 aromatic heterocycles. The van der Waals surface area contributed by atoms with Crippen molar-refractivity contribution in [2.45, 2.75) is 0 Å². The van der Waals surface area contributed by atoms with E-state index in [1.165, 1.54) is 18.6 Å². The number of carbonyl (C=O) groups is 1. The Bertz CT molecular complexity index is 493. The Morgan fingerprint density at radius 1 is 1.57 bits per heavy atom. The molecule has 1 heterocycles. The molecule has 0 spiro atoms. The molecule has 0 aliphatic carbocycles. The van der Waals surface area contributed by atoms with Gasteiger partial charge in [0.15, 0.2) is 0 Å². The summed E-state index contributed by atoms with van der Waals surface area (Å²) < 4.78 is 9.49. The van der Waals surface area contributed by atoms with Crippen molar-refractivity contribution >= 4 is 33.4 Å². The van der Waals surface area contributed by atoms with Crippen LogP contribution in [0.25, 0.3) is 10.1 Å². The molecule has 0 saturated heterocycles. The van der Waals surface area contributed by atoms with Gasteiger partial charge in [-0.1, -0.05) is 0 Å². The molecule has 2 N–H and O–H groups in total. The van der Waals surface area contributed by atoms with E-state index in [0.717, 1.165) is 10.1 Å². The molecule has 0 saturated carbocycles. The number of anilines is 1. The van der Waals surface area contributed by atoms with Crippen LogP contribution in [-0.4, -0.2) is 17.5 Å². The Kier molecular flexibility index (Phi) is 2.09. The molecule has 14 heavy (non-hydrogen) atoms. The van der Waals surface area contributed by atoms with E-state index in [1.54, 1.807) is 18.2 Å². The van der Waals surface area contributed by atoms with Crippen molar-refractivity contribution in [3.8, 4) is 0 Å². The Morgan fingerprint density at radius 3 is 3.07 bits per heavy atom. The normalized spacial score (nSPS) is 10.4. The summed E-state index contributed by atoms with van der Waals surface area (Å²) in [7, 11) is 1.35. The lowest BCUT2D eigenvalue weighted by Gasteiger charge is -1.97. The van der Waals surface area contributed by atoms with E-state index >= 15 is 0 Å². The lowest BCUT2D eigenvalue weighted by Crippen LogP contribution is -2.00. The van der Waals surface area contributed by atoms with E-state index in [9.17, 15) is 4.79 Å². The van der Waals surface area contributed by atoms with Gasteiger partial charge in [-0.05, 0) is 29.7 Å². The van der Waals surface area contributed by atoms with E-state index in [-0.39, 0.29) is 5.97 Å². The van der Waals surface area contributed by atoms with Gasteiger partial charge in [0.1, 0.15) is 5.82 Å². The number of fused-ring (bicyclic) bond motifs is 1. The predicted octanol–water partition coefficient (Wildman–Crippen LogP) is 1.67. The Morgan fingerprint density at radius 2 is 2.36 bits per heavy atom. The minimum Gasteiger partial charge on any atom is -0.465 e. The zero-order chi connectivity index (χ0) is 10.1. The monoisotopic (exact) mass is 208 g/mol. The summed E-state index contributed by atoms with van der Waals surface area (Å²) in [5.74, 6) is 0.153. The molecule has 1 aromatic carbocycles. The molecule has 0 aliphatic heterocycles. The molecule has 5 heteroatoms. The highest BCUT2D eigenvalue weighted by atomic mass is 32.1. The van der Waals surface area contributed by atoms with Crippen LogP contribution in [0, 0.1) is 0 Å². The molecule has 0 radical (unpaired) electrons. The maximum atomic E-state index is 11.2. The summed E-state index contributed by atoms with van der Waals surface area (Å²) in [6.45, 7) is 0. The Balaban J connectivity index is 2.57. The van der Waals surface area contributed by atoms with Gasteiger partial charge in [0.2, 0.25) is 0 Å². The van der Waals surface area contributed by atoms with Crippen molar-refractivity contribution in [3.05, 3.63) is 23.8 Å². The number of carbonyl (C=O) groups excluding carboxylic acids is 1. The number of hydrogen-bond acceptors (Lipinski definition) is 5. The lowest BCUT2D eigenvalue weighted by atomic mass is 10.2. The maximum Gasteiger partial charge on any atom is 0.337 e. The van der Waals surface area contributed by atoms with Crippen LogP contribution in [0.1, 0.15) is 10.4 Å². The van der Waals surface area contributed by atoms with Gasteiger partial charge in [-0.3, -0.25) is 0 Å². The van der Waals surface area contributed by atoms with Crippen LogP contribution in [0.4, 0.5) is 5.82 Å². The maximum absolute atomic E-state index is 11.2. The van der Waals surface area contributed by atoms with Gasteiger partial charge in [-0.2, -0.15) is 4.37 Å². The largest absolute Gasteiger partial charge is 0.465 e. The molecule has 0 amide bonds. The standard InChI is InChI=1S/C9H8N2O2S/c1-13-9(12)5-2-3-6-7(4-5)14-11-8(6)10/h2-4H,1H3,(H2,10,11). The fraction of sp³-hybridized carbons (Fsp3) is 0.111. The van der Waals surface area contributed by atoms with Crippen molar-refractivity contribution in [2.75, 3.05) is 12.8 Å². The summed E-state index contributed by atoms with van der Waals surface area (Å²) >= 11 is 1.27. The van der Waals surface area contributed by atoms with Gasteiger partial charge in [-0.25, -0.2) is 4.79 Å². The van der Waals surface area contributed by atoms with Crippen molar-refractivity contribution in [2.24, 2.45) is 0 Å². The summed E-state index contributed by atoms with van der Waals surface area (Å²) in [6.07, 6.45) is 0. The van der Waals surface area contributed by atoms with Crippen LogP contribution in [0.15, 0.2) is 18.2 Å². The summed E-state index contributed by atoms with van der Waals surface area (Å²) in [6, 6.07) is 5.19. The molecule has 2 aromatic rings. The average molecular weight is 208 g/mol. The Hall–Kier alpha value is -1.62. The third-order valence-electron chi connectivity index (χ3n) is 1.92. The second kappa shape index (κ2) is 3.26. The molecular formula is C9H8N2O2S. The summed E-state index contributed by atoms with van der Waals surface area (Å²) in [5.41, 5.74) is 6.14. The fourth-order valence-electron chi connectivity index (χ4n) is 1.20. The highest BCUT2D eigenvalue weighted by molar-refractivity contribution is 7.13. The first kappa shape index (κ1) is 8.96. The number of rotatable bonds is 1. The minimum atomic E-state index is -0.348. The van der Waals surface area contributed by atoms with Gasteiger partial charge in [0, 0.05) is 5.39 Å². The van der Waals surface area contributed by atoms with Crippen molar-refractivity contribution in [1.82, 2.24) is 4.37 Å². The highest BCUT2D eigenvalue weighted by Crippen LogP contribution is 2.25. The van der Waals surface area contributed by atoms with Crippen molar-refractivity contribution < 1.29 is 9.53 Å². The minimum absolute atomic E-state index is 0.348. The third kappa shape index (κ3) is 1.31. The summed E-state index contributed by atoms with van der Waals surface area (Å²) in [5, 5.41) is 0.877. The number of methoxy groups -OCH3 is 1. The predicted molar refractivity (Wildman–Crippen MR) is 55.4 cm³/mol. The van der Waals surface area contributed by atoms with E-state index < -0.39 is 0 Å². The van der Waals surface area contributed by atoms with Crippen LogP contribution in [0.2, 0.25) is 0 Å². The highest BCUT2D eigenvalue weighted by Gasteiger charge is 2.08. The van der Waals surface area contributed by atoms with Gasteiger partial charge >= 0.3 is 5.97 Å². The smallest absolute Gasteiger partial charge is 0.337 e. The molecule has 72 valence electrons. The van der Waals surface area contributed by atoms with Crippen LogP contribution in [0.3, 0.4) is 0 Å². The number of nitrogens with zero attached hydrogens (tertiary/aromatic N) is 1. The third-order valence-corrected chi connectivity index (χ3v) is 2.74. The molecule has 4 nitrogen and oxygen atoms in total. The van der Waals surface area contributed by atoms with E-state index in [1.807, 2.05) is 0 Å². The molecule has 0 unspecified atom stereocenters. The second-order valence-electron chi connectivity index (χ2n) is 2.77. The van der Waals surface area contributed by atoms with Crippen LogP contribution in [0.5, 0.6) is 0 Å². The van der Waals surface area contributed by atoms with Crippen LogP contribution < -0.4 is 5.73 Å². The van der Waals surface area contributed by atoms with Crippen LogP contribution >= 0.6 is 11.5 Å². The SMILES string of the molecule is COC(=O)c1ccc2c(N)nsc2c1. The molecular weight excluding hydrogens is 200 g/mol. The van der Waals surface area contributed by atoms with Gasteiger partial charge in [0.25, 0.3) is 0 Å². The number of ether oxygens (including phenoxy) is 1. The second-order valence-corrected chi connectivity index (χ2v) is 3.58. The fourth-order valence-corrected chi connectivity index (χ4v) is 1.95. The average Bonchev–Trinajstić information content (AvgIpc) is 2.59. The molecule has 0 fully saturated rings. The number of hydrogen-bond donors (Lipinski definition) is 1. The lowest BCUT2D eigenvalue weighted by molar-refractivity contribution is 0.0601. The quantitative estimate of drug-likeness (QED) is 0.724. The Labute approximate surface area is 84.5 Å². The topological polar surface area (TPSA) is 65.2 Å². The first-order valence-corrected chi connectivity index (χ1v) is 4.73. The number of benzene rings is 1. The van der Waals surface area contributed by atoms with Crippen molar-refractivity contribution in [3.63, 3.8) is 0 Å². The van der Waals surface area contributed by atoms with E-state index in [2.05, 4.69) is 9.11 Å². The van der Waals surface area contributed by atoms with Gasteiger partial charge in [0.05, 0.1) is 17.4 Å². The number of aromatic nitrogens is 1. The summed E-state index contributed by atoms with van der Waals surface area (Å²) in [4.78, 5) is 11.2. The van der Waals surface area contributed by atoms with Crippen molar-refractivity contribution in [1.29, 1.82) is 0 Å². The number of esters is 1. The molecule has 2 rings (SSSR count).